The molecule has 0 aliphatic carbocycles. The van der Waals surface area contributed by atoms with Crippen LogP contribution in [0.3, 0.4) is 0 Å². The molecule has 0 radical (unpaired) electrons. The van der Waals surface area contributed by atoms with Crippen molar-refractivity contribution in [2.24, 2.45) is 5.92 Å². The van der Waals surface area contributed by atoms with Crippen molar-refractivity contribution in [1.82, 2.24) is 15.2 Å². The number of hydrogen-bond acceptors (Lipinski definition) is 6. The van der Waals surface area contributed by atoms with Crippen LogP contribution in [0.25, 0.3) is 0 Å². The number of carboxylic acids is 1. The molecular weight excluding hydrogens is 460 g/mol. The zero-order valence-electron chi connectivity index (χ0n) is 20.3. The van der Waals surface area contributed by atoms with Crippen molar-refractivity contribution < 1.29 is 24.2 Å². The number of ether oxygens (including phenoxy) is 1. The molecule has 0 bridgehead atoms. The predicted molar refractivity (Wildman–Crippen MR) is 133 cm³/mol. The first-order chi connectivity index (χ1) is 17.5. The maximum absolute atomic E-state index is 13.0. The predicted octanol–water partition coefficient (Wildman–Crippen LogP) is 2.49. The second-order valence-corrected chi connectivity index (χ2v) is 9.81. The lowest BCUT2D eigenvalue weighted by molar-refractivity contribution is -0.138. The normalized spacial score (nSPS) is 19.2. The molecule has 36 heavy (non-hydrogen) atoms. The number of benzene rings is 1. The van der Waals surface area contributed by atoms with E-state index in [0.717, 1.165) is 48.6 Å². The number of carbonyl (C=O) groups excluding carboxylic acids is 2. The van der Waals surface area contributed by atoms with E-state index in [2.05, 4.69) is 16.7 Å². The van der Waals surface area contributed by atoms with Crippen LogP contribution in [-0.2, 0) is 33.6 Å². The summed E-state index contributed by atoms with van der Waals surface area (Å²) in [4.78, 5) is 43.5. The van der Waals surface area contributed by atoms with Crippen LogP contribution in [0, 0.1) is 5.92 Å². The molecule has 9 heteroatoms. The van der Waals surface area contributed by atoms with Gasteiger partial charge in [0.2, 0.25) is 11.8 Å². The highest BCUT2D eigenvalue weighted by Crippen LogP contribution is 2.30. The lowest BCUT2D eigenvalue weighted by Crippen LogP contribution is -2.40. The van der Waals surface area contributed by atoms with Crippen molar-refractivity contribution in [1.29, 1.82) is 0 Å². The van der Waals surface area contributed by atoms with Gasteiger partial charge in [-0.15, -0.1) is 0 Å². The van der Waals surface area contributed by atoms with Gasteiger partial charge in [-0.1, -0.05) is 18.2 Å². The van der Waals surface area contributed by atoms with Gasteiger partial charge >= 0.3 is 5.97 Å². The standard InChI is InChI=1S/C27H32N4O5/c32-24(30-22(15-25(33)34)20-4-3-17-10-13-36-23(17)14-20)16-31-12-9-19(27(31)35)6-8-21-7-5-18-2-1-11-28-26(18)29-21/h3-5,7,14,19,22H,1-2,6,8-13,15-16H2,(H,28,29)(H,30,32)(H,33,34)/t19-,22-/m0/s1. The van der Waals surface area contributed by atoms with Crippen LogP contribution in [-0.4, -0.2) is 59.0 Å². The Morgan fingerprint density at radius 2 is 2.08 bits per heavy atom. The molecule has 0 saturated carbocycles. The number of likely N-dealkylation sites (tertiary alicyclic amines) is 1. The average Bonchev–Trinajstić information content (AvgIpc) is 3.48. The molecule has 4 heterocycles. The number of nitrogens with zero attached hydrogens (tertiary/aromatic N) is 2. The van der Waals surface area contributed by atoms with E-state index in [1.807, 2.05) is 18.2 Å². The largest absolute Gasteiger partial charge is 0.493 e. The third kappa shape index (κ3) is 5.45. The number of carboxylic acid groups (broad SMARTS) is 1. The van der Waals surface area contributed by atoms with Crippen LogP contribution in [0.4, 0.5) is 5.82 Å². The molecule has 1 aromatic carbocycles. The van der Waals surface area contributed by atoms with Gasteiger partial charge in [-0.05, 0) is 60.9 Å². The van der Waals surface area contributed by atoms with Crippen LogP contribution in [0.15, 0.2) is 30.3 Å². The number of anilines is 1. The number of amides is 2. The van der Waals surface area contributed by atoms with E-state index in [-0.39, 0.29) is 30.7 Å². The molecular formula is C27H32N4O5. The second kappa shape index (κ2) is 10.6. The molecule has 2 amide bonds. The smallest absolute Gasteiger partial charge is 0.305 e. The zero-order valence-corrected chi connectivity index (χ0v) is 20.3. The molecule has 0 spiro atoms. The molecule has 3 N–H and O–H groups in total. The fourth-order valence-electron chi connectivity index (χ4n) is 5.30. The van der Waals surface area contributed by atoms with E-state index in [1.54, 1.807) is 11.0 Å². The van der Waals surface area contributed by atoms with E-state index in [0.29, 0.717) is 38.0 Å². The summed E-state index contributed by atoms with van der Waals surface area (Å²) in [6.45, 7) is 1.99. The van der Waals surface area contributed by atoms with Gasteiger partial charge in [0.25, 0.3) is 0 Å². The van der Waals surface area contributed by atoms with E-state index < -0.39 is 12.0 Å². The molecule has 1 fully saturated rings. The van der Waals surface area contributed by atoms with Crippen LogP contribution in [0.2, 0.25) is 0 Å². The van der Waals surface area contributed by atoms with Crippen molar-refractivity contribution in [3.63, 3.8) is 0 Å². The van der Waals surface area contributed by atoms with Gasteiger partial charge in [0.15, 0.2) is 0 Å². The van der Waals surface area contributed by atoms with E-state index in [4.69, 9.17) is 9.72 Å². The number of nitrogens with one attached hydrogen (secondary N) is 2. The van der Waals surface area contributed by atoms with Crippen molar-refractivity contribution in [2.75, 3.05) is 31.6 Å². The van der Waals surface area contributed by atoms with E-state index in [9.17, 15) is 19.5 Å². The summed E-state index contributed by atoms with van der Waals surface area (Å²) >= 11 is 0. The zero-order chi connectivity index (χ0) is 25.1. The summed E-state index contributed by atoms with van der Waals surface area (Å²) in [6, 6.07) is 9.03. The first-order valence-corrected chi connectivity index (χ1v) is 12.7. The maximum atomic E-state index is 13.0. The Kier molecular flexibility index (Phi) is 7.06. The van der Waals surface area contributed by atoms with Crippen molar-refractivity contribution in [2.45, 2.75) is 51.0 Å². The Bertz CT molecular complexity index is 1170. The lowest BCUT2D eigenvalue weighted by Gasteiger charge is -2.21. The van der Waals surface area contributed by atoms with Gasteiger partial charge in [0, 0.05) is 31.1 Å². The lowest BCUT2D eigenvalue weighted by atomic mass is 9.99. The first kappa shape index (κ1) is 24.1. The number of rotatable bonds is 9. The van der Waals surface area contributed by atoms with E-state index >= 15 is 0 Å². The summed E-state index contributed by atoms with van der Waals surface area (Å²) in [5.41, 5.74) is 3.98. The quantitative estimate of drug-likeness (QED) is 0.492. The highest BCUT2D eigenvalue weighted by atomic mass is 16.5. The van der Waals surface area contributed by atoms with Gasteiger partial charge < -0.3 is 25.4 Å². The number of aromatic nitrogens is 1. The minimum atomic E-state index is -1.01. The van der Waals surface area contributed by atoms with Crippen molar-refractivity contribution in [3.05, 3.63) is 52.7 Å². The fraction of sp³-hybridized carbons (Fsp3) is 0.481. The SMILES string of the molecule is O=C(O)C[C@H](NC(=O)CN1CC[C@H](CCc2ccc3c(n2)NCCC3)C1=O)c1ccc2c(c1)OCC2. The highest BCUT2D eigenvalue weighted by molar-refractivity contribution is 5.87. The minimum absolute atomic E-state index is 0.0260. The molecule has 0 unspecified atom stereocenters. The highest BCUT2D eigenvalue weighted by Gasteiger charge is 2.33. The van der Waals surface area contributed by atoms with Gasteiger partial charge in [-0.2, -0.15) is 0 Å². The molecule has 2 atom stereocenters. The Balaban J connectivity index is 1.15. The Morgan fingerprint density at radius 3 is 2.94 bits per heavy atom. The molecule has 2 aromatic rings. The van der Waals surface area contributed by atoms with E-state index in [1.165, 1.54) is 5.56 Å². The Hall–Kier alpha value is -3.62. The van der Waals surface area contributed by atoms with Gasteiger partial charge in [0.05, 0.1) is 25.6 Å². The number of carbonyl (C=O) groups is 3. The summed E-state index contributed by atoms with van der Waals surface area (Å²) < 4.78 is 5.59. The number of aryl methyl sites for hydroxylation is 2. The van der Waals surface area contributed by atoms with Crippen molar-refractivity contribution >= 4 is 23.6 Å². The maximum Gasteiger partial charge on any atom is 0.305 e. The molecule has 190 valence electrons. The Morgan fingerprint density at radius 1 is 1.22 bits per heavy atom. The molecule has 3 aliphatic heterocycles. The molecule has 9 nitrogen and oxygen atoms in total. The third-order valence-electron chi connectivity index (χ3n) is 7.28. The Labute approximate surface area is 210 Å². The fourth-order valence-corrected chi connectivity index (χ4v) is 5.30. The number of hydrogen-bond donors (Lipinski definition) is 3. The number of pyridine rings is 1. The van der Waals surface area contributed by atoms with Crippen molar-refractivity contribution in [3.8, 4) is 5.75 Å². The topological polar surface area (TPSA) is 121 Å². The summed E-state index contributed by atoms with van der Waals surface area (Å²) in [7, 11) is 0. The van der Waals surface area contributed by atoms with Crippen LogP contribution >= 0.6 is 0 Å². The van der Waals surface area contributed by atoms with Crippen LogP contribution in [0.1, 0.15) is 54.1 Å². The molecule has 1 aromatic heterocycles. The van der Waals surface area contributed by atoms with Gasteiger partial charge in [0.1, 0.15) is 11.6 Å². The number of aliphatic carboxylic acids is 1. The number of fused-ring (bicyclic) bond motifs is 2. The second-order valence-electron chi connectivity index (χ2n) is 9.81. The minimum Gasteiger partial charge on any atom is -0.493 e. The van der Waals surface area contributed by atoms with Gasteiger partial charge in [-0.3, -0.25) is 14.4 Å². The third-order valence-corrected chi connectivity index (χ3v) is 7.28. The molecule has 5 rings (SSSR count). The average molecular weight is 493 g/mol. The molecule has 1 saturated heterocycles. The van der Waals surface area contributed by atoms with Crippen LogP contribution < -0.4 is 15.4 Å². The summed E-state index contributed by atoms with van der Waals surface area (Å²) in [6.07, 6.45) is 4.85. The summed E-state index contributed by atoms with van der Waals surface area (Å²) in [5, 5.41) is 15.5. The van der Waals surface area contributed by atoms with Crippen LogP contribution in [0.5, 0.6) is 5.75 Å². The summed E-state index contributed by atoms with van der Waals surface area (Å²) in [5.74, 6) is 0.165. The monoisotopic (exact) mass is 492 g/mol. The van der Waals surface area contributed by atoms with Gasteiger partial charge in [-0.25, -0.2) is 4.98 Å². The first-order valence-electron chi connectivity index (χ1n) is 12.7. The molecule has 3 aliphatic rings.